The summed E-state index contributed by atoms with van der Waals surface area (Å²) in [7, 11) is 0. The molecule has 4 nitrogen and oxygen atoms in total. The van der Waals surface area contributed by atoms with Crippen LogP contribution in [0.3, 0.4) is 0 Å². The number of thiophene rings is 1. The average Bonchev–Trinajstić information content (AvgIpc) is 3.86. The predicted octanol–water partition coefficient (Wildman–Crippen LogP) is 14.1. The maximum absolute atomic E-state index is 6.75. The number of para-hydroxylation sites is 1. The summed E-state index contributed by atoms with van der Waals surface area (Å²) in [6.07, 6.45) is 3.69. The highest BCUT2D eigenvalue weighted by molar-refractivity contribution is 7.25. The molecule has 0 N–H and O–H groups in total. The number of fused-ring (bicyclic) bond motifs is 6. The minimum Gasteiger partial charge on any atom is -0.455 e. The van der Waals surface area contributed by atoms with Crippen LogP contribution in [-0.4, -0.2) is 15.0 Å². The number of hydrogen-bond acceptors (Lipinski definition) is 5. The van der Waals surface area contributed by atoms with Gasteiger partial charge in [0.1, 0.15) is 11.2 Å². The first-order chi connectivity index (χ1) is 27.8. The molecule has 0 spiro atoms. The molecule has 0 atom stereocenters. The van der Waals surface area contributed by atoms with Crippen LogP contribution in [0.25, 0.3) is 109 Å². The molecule has 7 aromatic carbocycles. The highest BCUT2D eigenvalue weighted by Gasteiger charge is 2.20. The lowest BCUT2D eigenvalue weighted by molar-refractivity contribution is 0.670. The molecule has 0 aliphatic carbocycles. The molecule has 0 fully saturated rings. The van der Waals surface area contributed by atoms with Crippen molar-refractivity contribution in [3.8, 4) is 67.3 Å². The number of benzene rings is 7. The van der Waals surface area contributed by atoms with E-state index in [1.54, 1.807) is 6.20 Å². The Morgan fingerprint density at radius 3 is 1.93 bits per heavy atom. The zero-order valence-corrected chi connectivity index (χ0v) is 30.9. The van der Waals surface area contributed by atoms with E-state index in [0.29, 0.717) is 5.82 Å². The predicted molar refractivity (Wildman–Crippen MR) is 233 cm³/mol. The Morgan fingerprint density at radius 2 is 1.07 bits per heavy atom. The zero-order chi connectivity index (χ0) is 37.0. The van der Waals surface area contributed by atoms with Gasteiger partial charge < -0.3 is 4.42 Å². The summed E-state index contributed by atoms with van der Waals surface area (Å²) in [5, 5.41) is 4.82. The zero-order valence-electron chi connectivity index (χ0n) is 30.1. The number of pyridine rings is 1. The van der Waals surface area contributed by atoms with E-state index in [9.17, 15) is 0 Å². The number of furan rings is 1. The van der Waals surface area contributed by atoms with Gasteiger partial charge in [-0.3, -0.25) is 4.98 Å². The van der Waals surface area contributed by atoms with Gasteiger partial charge in [-0.25, -0.2) is 9.97 Å². The second kappa shape index (κ2) is 13.3. The molecule has 0 unspecified atom stereocenters. The monoisotopic (exact) mass is 733 g/mol. The number of rotatable bonds is 6. The first kappa shape index (κ1) is 32.2. The van der Waals surface area contributed by atoms with Crippen LogP contribution in [0.4, 0.5) is 0 Å². The molecule has 4 heterocycles. The van der Waals surface area contributed by atoms with Crippen LogP contribution in [-0.2, 0) is 0 Å². The fraction of sp³-hybridized carbons (Fsp3) is 0. The molecule has 56 heavy (non-hydrogen) atoms. The number of hydrogen-bond donors (Lipinski definition) is 0. The molecule has 5 heteroatoms. The Balaban J connectivity index is 1.05. The number of aromatic nitrogens is 3. The Morgan fingerprint density at radius 1 is 0.411 bits per heavy atom. The molecule has 262 valence electrons. The van der Waals surface area contributed by atoms with Gasteiger partial charge in [-0.05, 0) is 58.7 Å². The third-order valence-electron chi connectivity index (χ3n) is 10.6. The SMILES string of the molecule is c1ccc(-c2nc(-c3ccc(-c4ccc(-c5cccc6sc7ccccc7c56)c5c4oc4ccccc45)cc3)cc(-c3ccccc3-c3cccnc3)n2)cc1. The van der Waals surface area contributed by atoms with Gasteiger partial charge in [0.15, 0.2) is 5.82 Å². The van der Waals surface area contributed by atoms with Crippen LogP contribution in [0.1, 0.15) is 0 Å². The van der Waals surface area contributed by atoms with Gasteiger partial charge in [0, 0.05) is 71.2 Å². The molecular weight excluding hydrogens is 703 g/mol. The van der Waals surface area contributed by atoms with Gasteiger partial charge in [0.2, 0.25) is 0 Å². The summed E-state index contributed by atoms with van der Waals surface area (Å²) < 4.78 is 9.33. The van der Waals surface area contributed by atoms with Crippen molar-refractivity contribution >= 4 is 53.4 Å². The van der Waals surface area contributed by atoms with Gasteiger partial charge in [-0.2, -0.15) is 0 Å². The van der Waals surface area contributed by atoms with Crippen LogP contribution in [0.2, 0.25) is 0 Å². The van der Waals surface area contributed by atoms with Gasteiger partial charge in [0.05, 0.1) is 11.4 Å². The molecule has 0 bridgehead atoms. The fourth-order valence-electron chi connectivity index (χ4n) is 8.03. The van der Waals surface area contributed by atoms with E-state index in [2.05, 4.69) is 151 Å². The summed E-state index contributed by atoms with van der Waals surface area (Å²) in [5.41, 5.74) is 13.1. The smallest absolute Gasteiger partial charge is 0.160 e. The van der Waals surface area contributed by atoms with E-state index in [0.717, 1.165) is 72.3 Å². The number of nitrogens with zero attached hydrogens (tertiary/aromatic N) is 3. The molecular formula is C51H31N3OS. The molecule has 0 aliphatic rings. The van der Waals surface area contributed by atoms with Gasteiger partial charge in [-0.15, -0.1) is 11.3 Å². The fourth-order valence-corrected chi connectivity index (χ4v) is 9.16. The third kappa shape index (κ3) is 5.40. The lowest BCUT2D eigenvalue weighted by atomic mass is 9.92. The molecule has 0 amide bonds. The Hall–Kier alpha value is -7.21. The molecule has 0 saturated heterocycles. The van der Waals surface area contributed by atoms with Crippen molar-refractivity contribution in [1.82, 2.24) is 15.0 Å². The minimum atomic E-state index is 0.677. The van der Waals surface area contributed by atoms with Crippen molar-refractivity contribution < 1.29 is 4.42 Å². The molecule has 0 saturated carbocycles. The van der Waals surface area contributed by atoms with E-state index in [4.69, 9.17) is 14.4 Å². The highest BCUT2D eigenvalue weighted by Crippen LogP contribution is 2.46. The van der Waals surface area contributed by atoms with Crippen LogP contribution in [0.5, 0.6) is 0 Å². The van der Waals surface area contributed by atoms with E-state index in [1.807, 2.05) is 47.9 Å². The maximum Gasteiger partial charge on any atom is 0.160 e. The highest BCUT2D eigenvalue weighted by atomic mass is 32.1. The minimum absolute atomic E-state index is 0.677. The molecule has 11 rings (SSSR count). The maximum atomic E-state index is 6.75. The second-order valence-electron chi connectivity index (χ2n) is 13.9. The van der Waals surface area contributed by atoms with Crippen LogP contribution >= 0.6 is 11.3 Å². The summed E-state index contributed by atoms with van der Waals surface area (Å²) in [6.45, 7) is 0. The van der Waals surface area contributed by atoms with Gasteiger partial charge >= 0.3 is 0 Å². The summed E-state index contributed by atoms with van der Waals surface area (Å²) in [5.74, 6) is 0.677. The largest absolute Gasteiger partial charge is 0.455 e. The van der Waals surface area contributed by atoms with Crippen molar-refractivity contribution in [3.63, 3.8) is 0 Å². The van der Waals surface area contributed by atoms with Crippen molar-refractivity contribution in [2.75, 3.05) is 0 Å². The van der Waals surface area contributed by atoms with Crippen molar-refractivity contribution in [3.05, 3.63) is 188 Å². The van der Waals surface area contributed by atoms with Crippen molar-refractivity contribution in [2.45, 2.75) is 0 Å². The molecule has 11 aromatic rings. The molecule has 0 aliphatic heterocycles. The standard InChI is InChI=1S/C51H31N3OS/c1-2-12-34(13-3-1)51-53-43(30-44(54-51)38-16-5-4-15-36(38)35-14-11-29-52-31-35)33-25-23-32(24-26-33)37-27-28-40(49-41-17-6-8-20-45(41)55-50(37)49)39-19-10-22-47-48(39)42-18-7-9-21-46(42)56-47/h1-31H. The molecule has 4 aromatic heterocycles. The first-order valence-electron chi connectivity index (χ1n) is 18.7. The van der Waals surface area contributed by atoms with Crippen LogP contribution in [0.15, 0.2) is 193 Å². The van der Waals surface area contributed by atoms with Crippen LogP contribution in [0, 0.1) is 0 Å². The summed E-state index contributed by atoms with van der Waals surface area (Å²) >= 11 is 1.84. The van der Waals surface area contributed by atoms with Gasteiger partial charge in [-0.1, -0.05) is 140 Å². The van der Waals surface area contributed by atoms with E-state index >= 15 is 0 Å². The average molecular weight is 734 g/mol. The lowest BCUT2D eigenvalue weighted by Crippen LogP contribution is -1.97. The van der Waals surface area contributed by atoms with Gasteiger partial charge in [0.25, 0.3) is 0 Å². The Labute approximate surface area is 327 Å². The first-order valence-corrected chi connectivity index (χ1v) is 19.5. The molecule has 0 radical (unpaired) electrons. The van der Waals surface area contributed by atoms with E-state index in [1.165, 1.54) is 31.3 Å². The summed E-state index contributed by atoms with van der Waals surface area (Å²) in [4.78, 5) is 14.6. The normalized spacial score (nSPS) is 11.6. The topological polar surface area (TPSA) is 51.8 Å². The lowest BCUT2D eigenvalue weighted by Gasteiger charge is -2.13. The summed E-state index contributed by atoms with van der Waals surface area (Å²) in [6, 6.07) is 61.6. The van der Waals surface area contributed by atoms with Crippen molar-refractivity contribution in [1.29, 1.82) is 0 Å². The third-order valence-corrected chi connectivity index (χ3v) is 11.8. The van der Waals surface area contributed by atoms with Crippen molar-refractivity contribution in [2.24, 2.45) is 0 Å². The second-order valence-corrected chi connectivity index (χ2v) is 15.0. The van der Waals surface area contributed by atoms with Crippen LogP contribution < -0.4 is 0 Å². The Bertz CT molecular complexity index is 3240. The quantitative estimate of drug-likeness (QED) is 0.171. The Kier molecular flexibility index (Phi) is 7.64. The van der Waals surface area contributed by atoms with E-state index < -0.39 is 0 Å². The van der Waals surface area contributed by atoms with E-state index in [-0.39, 0.29) is 0 Å².